The van der Waals surface area contributed by atoms with Crippen LogP contribution in [0.1, 0.15) is 6.42 Å². The number of rotatable bonds is 5. The van der Waals surface area contributed by atoms with Gasteiger partial charge in [0.05, 0.1) is 6.04 Å². The highest BCUT2D eigenvalue weighted by Gasteiger charge is 2.43. The number of hydrogen-bond acceptors (Lipinski definition) is 5. The van der Waals surface area contributed by atoms with Crippen LogP contribution in [0.25, 0.3) is 0 Å². The molecular formula is C12H14F2N2O3S. The van der Waals surface area contributed by atoms with Crippen molar-refractivity contribution < 1.29 is 23.0 Å². The second-order valence-electron chi connectivity index (χ2n) is 4.21. The van der Waals surface area contributed by atoms with Gasteiger partial charge in [0, 0.05) is 11.8 Å². The van der Waals surface area contributed by atoms with Gasteiger partial charge in [-0.3, -0.25) is 4.79 Å². The van der Waals surface area contributed by atoms with Gasteiger partial charge in [-0.25, -0.2) is 0 Å². The van der Waals surface area contributed by atoms with Crippen LogP contribution in [0.2, 0.25) is 0 Å². The van der Waals surface area contributed by atoms with Gasteiger partial charge in [-0.2, -0.15) is 11.8 Å². The van der Waals surface area contributed by atoms with E-state index in [1.165, 1.54) is 18.2 Å². The van der Waals surface area contributed by atoms with Gasteiger partial charge in [0.25, 0.3) is 0 Å². The van der Waals surface area contributed by atoms with Crippen LogP contribution >= 0.6 is 11.8 Å². The molecule has 0 bridgehead atoms. The summed E-state index contributed by atoms with van der Waals surface area (Å²) >= 11 is 1.59. The number of benzene rings is 1. The van der Waals surface area contributed by atoms with E-state index in [0.717, 1.165) is 5.75 Å². The average molecular weight is 304 g/mol. The molecule has 0 radical (unpaired) electrons. The Balaban J connectivity index is 2.00. The second-order valence-corrected chi connectivity index (χ2v) is 5.19. The molecule has 1 amide bonds. The Morgan fingerprint density at radius 1 is 1.45 bits per heavy atom. The van der Waals surface area contributed by atoms with Gasteiger partial charge in [-0.05, 0) is 30.6 Å². The van der Waals surface area contributed by atoms with Crippen molar-refractivity contribution in [3.8, 4) is 11.5 Å². The third-order valence-corrected chi connectivity index (χ3v) is 3.28. The molecule has 0 spiro atoms. The van der Waals surface area contributed by atoms with Gasteiger partial charge < -0.3 is 20.5 Å². The van der Waals surface area contributed by atoms with E-state index < -0.39 is 12.3 Å². The van der Waals surface area contributed by atoms with E-state index in [1.807, 2.05) is 6.26 Å². The van der Waals surface area contributed by atoms with E-state index in [1.54, 1.807) is 11.8 Å². The first-order chi connectivity index (χ1) is 9.41. The van der Waals surface area contributed by atoms with Crippen LogP contribution in [0.5, 0.6) is 11.5 Å². The largest absolute Gasteiger partial charge is 0.586 e. The van der Waals surface area contributed by atoms with E-state index in [4.69, 9.17) is 5.73 Å². The van der Waals surface area contributed by atoms with Crippen molar-refractivity contribution in [2.75, 3.05) is 17.3 Å². The summed E-state index contributed by atoms with van der Waals surface area (Å²) < 4.78 is 34.2. The van der Waals surface area contributed by atoms with Crippen molar-refractivity contribution in [2.24, 2.45) is 5.73 Å². The minimum atomic E-state index is -3.67. The fraction of sp³-hybridized carbons (Fsp3) is 0.417. The monoisotopic (exact) mass is 304 g/mol. The van der Waals surface area contributed by atoms with Gasteiger partial charge in [0.15, 0.2) is 11.5 Å². The lowest BCUT2D eigenvalue weighted by atomic mass is 10.2. The van der Waals surface area contributed by atoms with Gasteiger partial charge in [0.2, 0.25) is 5.91 Å². The first-order valence-corrected chi connectivity index (χ1v) is 7.26. The van der Waals surface area contributed by atoms with Crippen molar-refractivity contribution in [3.63, 3.8) is 0 Å². The molecule has 8 heteroatoms. The number of amides is 1. The van der Waals surface area contributed by atoms with Crippen LogP contribution in [0.4, 0.5) is 14.5 Å². The lowest BCUT2D eigenvalue weighted by Gasteiger charge is -2.11. The maximum Gasteiger partial charge on any atom is 0.586 e. The molecule has 1 atom stereocenters. The summed E-state index contributed by atoms with van der Waals surface area (Å²) in [4.78, 5) is 11.8. The number of fused-ring (bicyclic) bond motifs is 1. The number of alkyl halides is 2. The van der Waals surface area contributed by atoms with Crippen LogP contribution in [-0.2, 0) is 4.79 Å². The van der Waals surface area contributed by atoms with Crippen LogP contribution in [0.15, 0.2) is 18.2 Å². The van der Waals surface area contributed by atoms with Crippen molar-refractivity contribution in [2.45, 2.75) is 18.8 Å². The van der Waals surface area contributed by atoms with E-state index in [9.17, 15) is 13.6 Å². The molecule has 1 aromatic carbocycles. The Bertz CT molecular complexity index is 513. The van der Waals surface area contributed by atoms with Gasteiger partial charge in [0.1, 0.15) is 0 Å². The maximum absolute atomic E-state index is 12.8. The fourth-order valence-corrected chi connectivity index (χ4v) is 2.13. The Morgan fingerprint density at radius 3 is 2.85 bits per heavy atom. The molecule has 0 saturated heterocycles. The summed E-state index contributed by atoms with van der Waals surface area (Å²) in [6, 6.07) is 3.38. The molecule has 0 unspecified atom stereocenters. The highest BCUT2D eigenvalue weighted by molar-refractivity contribution is 7.98. The number of nitrogens with two attached hydrogens (primary N) is 1. The molecule has 0 saturated carbocycles. The Hall–Kier alpha value is -1.54. The number of anilines is 1. The van der Waals surface area contributed by atoms with Crippen LogP contribution in [-0.4, -0.2) is 30.3 Å². The zero-order chi connectivity index (χ0) is 14.8. The van der Waals surface area contributed by atoms with Gasteiger partial charge in [-0.15, -0.1) is 8.78 Å². The smallest absolute Gasteiger partial charge is 0.395 e. The lowest BCUT2D eigenvalue weighted by Crippen LogP contribution is -2.36. The molecule has 1 aromatic rings. The summed E-state index contributed by atoms with van der Waals surface area (Å²) in [5.74, 6) is 0.205. The molecule has 3 N–H and O–H groups in total. The SMILES string of the molecule is CSCC[C@H](N)C(=O)Nc1ccc2c(c1)OC(F)(F)O2. The zero-order valence-corrected chi connectivity index (χ0v) is 11.5. The van der Waals surface area contributed by atoms with Gasteiger partial charge >= 0.3 is 6.29 Å². The summed E-state index contributed by atoms with van der Waals surface area (Å²) in [6.07, 6.45) is -1.21. The van der Waals surface area contributed by atoms with Crippen LogP contribution in [0.3, 0.4) is 0 Å². The van der Waals surface area contributed by atoms with E-state index >= 15 is 0 Å². The van der Waals surface area contributed by atoms with Crippen LogP contribution < -0.4 is 20.5 Å². The maximum atomic E-state index is 12.8. The number of carbonyl (C=O) groups excluding carboxylic acids is 1. The average Bonchev–Trinajstić information content (AvgIpc) is 2.68. The Kier molecular flexibility index (Phi) is 4.34. The summed E-state index contributed by atoms with van der Waals surface area (Å²) in [5, 5.41) is 2.55. The predicted octanol–water partition coefficient (Wildman–Crippen LogP) is 2.03. The molecule has 1 aliphatic heterocycles. The Morgan fingerprint density at radius 2 is 2.15 bits per heavy atom. The number of hydrogen-bond donors (Lipinski definition) is 2. The highest BCUT2D eigenvalue weighted by atomic mass is 32.2. The molecule has 0 fully saturated rings. The van der Waals surface area contributed by atoms with E-state index in [0.29, 0.717) is 12.1 Å². The first kappa shape index (κ1) is 14.9. The standard InChI is InChI=1S/C12H14F2N2O3S/c1-20-5-4-8(15)11(17)16-7-2-3-9-10(6-7)19-12(13,14)18-9/h2-3,6,8H,4-5,15H2,1H3,(H,16,17)/t8-/m0/s1. The van der Waals surface area contributed by atoms with E-state index in [-0.39, 0.29) is 17.4 Å². The number of carbonyl (C=O) groups is 1. The molecule has 1 aliphatic rings. The quantitative estimate of drug-likeness (QED) is 0.870. The normalized spacial score (nSPS) is 16.8. The van der Waals surface area contributed by atoms with Crippen molar-refractivity contribution in [3.05, 3.63) is 18.2 Å². The summed E-state index contributed by atoms with van der Waals surface area (Å²) in [5.41, 5.74) is 6.03. The third-order valence-electron chi connectivity index (χ3n) is 2.64. The molecule has 0 aromatic heterocycles. The number of nitrogens with one attached hydrogen (secondary N) is 1. The molecule has 2 rings (SSSR count). The lowest BCUT2D eigenvalue weighted by molar-refractivity contribution is -0.286. The zero-order valence-electron chi connectivity index (χ0n) is 10.7. The van der Waals surface area contributed by atoms with Crippen molar-refractivity contribution in [1.29, 1.82) is 0 Å². The number of halogens is 2. The molecular weight excluding hydrogens is 290 g/mol. The van der Waals surface area contributed by atoms with Crippen molar-refractivity contribution >= 4 is 23.4 Å². The molecule has 20 heavy (non-hydrogen) atoms. The minimum Gasteiger partial charge on any atom is -0.395 e. The predicted molar refractivity (Wildman–Crippen MR) is 72.2 cm³/mol. The van der Waals surface area contributed by atoms with Gasteiger partial charge in [-0.1, -0.05) is 0 Å². The molecule has 110 valence electrons. The number of thioether (sulfide) groups is 1. The summed E-state index contributed by atoms with van der Waals surface area (Å²) in [6.45, 7) is 0. The number of ether oxygens (including phenoxy) is 2. The molecule has 0 aliphatic carbocycles. The minimum absolute atomic E-state index is 0.0697. The van der Waals surface area contributed by atoms with E-state index in [2.05, 4.69) is 14.8 Å². The highest BCUT2D eigenvalue weighted by Crippen LogP contribution is 2.42. The Labute approximate surface area is 118 Å². The first-order valence-electron chi connectivity index (χ1n) is 5.86. The topological polar surface area (TPSA) is 73.6 Å². The molecule has 5 nitrogen and oxygen atoms in total. The third kappa shape index (κ3) is 3.51. The fourth-order valence-electron chi connectivity index (χ4n) is 1.64. The second kappa shape index (κ2) is 5.84. The van der Waals surface area contributed by atoms with Crippen LogP contribution in [0, 0.1) is 0 Å². The van der Waals surface area contributed by atoms with Crippen molar-refractivity contribution in [1.82, 2.24) is 0 Å². The summed E-state index contributed by atoms with van der Waals surface area (Å²) in [7, 11) is 0. The molecule has 1 heterocycles.